The molecular formula is C83H158O17P2. The molecule has 0 aliphatic heterocycles. The highest BCUT2D eigenvalue weighted by atomic mass is 31.2. The Labute approximate surface area is 624 Å². The van der Waals surface area contributed by atoms with Crippen LogP contribution in [0.4, 0.5) is 0 Å². The summed E-state index contributed by atoms with van der Waals surface area (Å²) in [7, 11) is -9.93. The maximum Gasteiger partial charge on any atom is 0.472 e. The quantitative estimate of drug-likeness (QED) is 0.0169. The molecule has 0 saturated carbocycles. The van der Waals surface area contributed by atoms with Crippen LogP contribution < -0.4 is 0 Å². The van der Waals surface area contributed by atoms with E-state index in [4.69, 9.17) is 37.0 Å². The zero-order valence-electron chi connectivity index (χ0n) is 66.2. The number of ether oxygens (including phenoxy) is 4. The number of allylic oxidation sites excluding steroid dienone is 4. The highest BCUT2D eigenvalue weighted by Gasteiger charge is 2.30. The van der Waals surface area contributed by atoms with E-state index in [0.29, 0.717) is 31.6 Å². The summed E-state index contributed by atoms with van der Waals surface area (Å²) in [6.07, 6.45) is 70.5. The Morgan fingerprint density at radius 1 is 0.304 bits per heavy atom. The lowest BCUT2D eigenvalue weighted by Gasteiger charge is -2.21. The van der Waals surface area contributed by atoms with E-state index < -0.39 is 97.5 Å². The molecule has 0 heterocycles. The molecule has 2 unspecified atom stereocenters. The zero-order valence-corrected chi connectivity index (χ0v) is 68.0. The van der Waals surface area contributed by atoms with E-state index in [1.165, 1.54) is 225 Å². The number of rotatable bonds is 81. The van der Waals surface area contributed by atoms with Crippen molar-refractivity contribution in [3.05, 3.63) is 24.3 Å². The summed E-state index contributed by atoms with van der Waals surface area (Å²) in [5.74, 6) is -1.46. The molecule has 0 aliphatic carbocycles. The van der Waals surface area contributed by atoms with Gasteiger partial charge in [-0.05, 0) is 57.3 Å². The van der Waals surface area contributed by atoms with E-state index in [2.05, 4.69) is 58.9 Å². The van der Waals surface area contributed by atoms with Gasteiger partial charge in [-0.2, -0.15) is 0 Å². The summed E-state index contributed by atoms with van der Waals surface area (Å²) >= 11 is 0. The molecule has 0 aromatic heterocycles. The molecule has 602 valence electrons. The molecule has 0 radical (unpaired) electrons. The third-order valence-electron chi connectivity index (χ3n) is 18.9. The van der Waals surface area contributed by atoms with Crippen LogP contribution in [-0.4, -0.2) is 96.7 Å². The maximum absolute atomic E-state index is 13.1. The van der Waals surface area contributed by atoms with Crippen molar-refractivity contribution >= 4 is 39.5 Å². The van der Waals surface area contributed by atoms with Crippen molar-refractivity contribution in [1.29, 1.82) is 0 Å². The van der Waals surface area contributed by atoms with Gasteiger partial charge in [0.2, 0.25) is 0 Å². The number of carbonyl (C=O) groups is 4. The lowest BCUT2D eigenvalue weighted by molar-refractivity contribution is -0.161. The van der Waals surface area contributed by atoms with Gasteiger partial charge in [0.05, 0.1) is 26.4 Å². The molecule has 3 N–H and O–H groups in total. The number of aliphatic hydroxyl groups excluding tert-OH is 1. The van der Waals surface area contributed by atoms with Gasteiger partial charge >= 0.3 is 39.5 Å². The van der Waals surface area contributed by atoms with Crippen molar-refractivity contribution < 1.29 is 80.2 Å². The predicted molar refractivity (Wildman–Crippen MR) is 418 cm³/mol. The second kappa shape index (κ2) is 75.4. The molecule has 5 atom stereocenters. The fourth-order valence-electron chi connectivity index (χ4n) is 12.4. The summed E-state index contributed by atoms with van der Waals surface area (Å²) in [6, 6.07) is 0. The SMILES string of the molecule is CCCCCC/C=C\C=C/CCCCCCCC(=O)O[C@H](COC(=O)CCCCCCCCC(C)C)COP(=O)(O)OC[C@H](O)COP(=O)(O)OC[C@@H](COC(=O)CCCCCCCCCCCCCCCCCCC)OC(=O)CCCCCCCCCCCCCCCCCCCCCCC. The highest BCUT2D eigenvalue weighted by Crippen LogP contribution is 2.45. The Morgan fingerprint density at radius 2 is 0.529 bits per heavy atom. The van der Waals surface area contributed by atoms with Crippen LogP contribution in [0.2, 0.25) is 0 Å². The minimum absolute atomic E-state index is 0.0844. The van der Waals surface area contributed by atoms with Crippen LogP contribution in [0.25, 0.3) is 0 Å². The molecule has 0 aromatic carbocycles. The summed E-state index contributed by atoms with van der Waals surface area (Å²) in [6.45, 7) is 7.18. The third kappa shape index (κ3) is 75.8. The van der Waals surface area contributed by atoms with Crippen molar-refractivity contribution in [3.63, 3.8) is 0 Å². The normalized spacial score (nSPS) is 14.0. The fraction of sp³-hybridized carbons (Fsp3) is 0.904. The molecule has 0 aliphatic rings. The van der Waals surface area contributed by atoms with E-state index in [1.807, 2.05) is 0 Å². The van der Waals surface area contributed by atoms with Gasteiger partial charge in [-0.15, -0.1) is 0 Å². The number of carbonyl (C=O) groups excluding carboxylic acids is 4. The smallest absolute Gasteiger partial charge is 0.462 e. The zero-order chi connectivity index (χ0) is 74.8. The minimum atomic E-state index is -4.97. The summed E-state index contributed by atoms with van der Waals surface area (Å²) in [5, 5.41) is 10.6. The van der Waals surface area contributed by atoms with Crippen molar-refractivity contribution in [2.75, 3.05) is 39.6 Å². The molecule has 0 spiro atoms. The first-order valence-electron chi connectivity index (χ1n) is 42.5. The molecule has 0 rings (SSSR count). The van der Waals surface area contributed by atoms with Gasteiger partial charge in [0, 0.05) is 25.7 Å². The topological polar surface area (TPSA) is 237 Å². The van der Waals surface area contributed by atoms with E-state index in [-0.39, 0.29) is 25.7 Å². The van der Waals surface area contributed by atoms with E-state index in [9.17, 15) is 43.2 Å². The van der Waals surface area contributed by atoms with Crippen molar-refractivity contribution in [2.24, 2.45) is 5.92 Å². The first kappa shape index (κ1) is 99.5. The summed E-state index contributed by atoms with van der Waals surface area (Å²) in [5.41, 5.74) is 0. The largest absolute Gasteiger partial charge is 0.472 e. The van der Waals surface area contributed by atoms with Crippen LogP contribution in [0, 0.1) is 5.92 Å². The molecule has 0 fully saturated rings. The first-order chi connectivity index (χ1) is 49.5. The molecule has 0 aromatic rings. The van der Waals surface area contributed by atoms with Gasteiger partial charge in [-0.25, -0.2) is 9.13 Å². The Bertz CT molecular complexity index is 2040. The molecule has 0 bridgehead atoms. The Balaban J connectivity index is 5.24. The van der Waals surface area contributed by atoms with E-state index in [1.54, 1.807) is 0 Å². The van der Waals surface area contributed by atoms with Gasteiger partial charge < -0.3 is 33.8 Å². The maximum atomic E-state index is 13.1. The van der Waals surface area contributed by atoms with Crippen LogP contribution in [-0.2, 0) is 65.4 Å². The second-order valence-corrected chi connectivity index (χ2v) is 32.6. The van der Waals surface area contributed by atoms with E-state index >= 15 is 0 Å². The molecule has 102 heavy (non-hydrogen) atoms. The first-order valence-corrected chi connectivity index (χ1v) is 45.4. The monoisotopic (exact) mass is 1490 g/mol. The highest BCUT2D eigenvalue weighted by molar-refractivity contribution is 7.47. The number of esters is 4. The summed E-state index contributed by atoms with van der Waals surface area (Å²) < 4.78 is 68.7. The number of phosphoric ester groups is 2. The number of phosphoric acid groups is 2. The average Bonchev–Trinajstić information content (AvgIpc) is 0.911. The molecule has 19 heteroatoms. The Kier molecular flexibility index (Phi) is 73.5. The van der Waals surface area contributed by atoms with Crippen molar-refractivity contribution in [1.82, 2.24) is 0 Å². The molecular weight excluding hydrogens is 1330 g/mol. The molecule has 0 amide bonds. The van der Waals surface area contributed by atoms with Crippen molar-refractivity contribution in [2.45, 2.75) is 438 Å². The van der Waals surface area contributed by atoms with Gasteiger partial charge in [0.25, 0.3) is 0 Å². The van der Waals surface area contributed by atoms with E-state index in [0.717, 1.165) is 109 Å². The van der Waals surface area contributed by atoms with Crippen LogP contribution in [0.15, 0.2) is 24.3 Å². The molecule has 0 saturated heterocycles. The van der Waals surface area contributed by atoms with Crippen LogP contribution in [0.1, 0.15) is 420 Å². The number of hydrogen-bond acceptors (Lipinski definition) is 15. The number of hydrogen-bond donors (Lipinski definition) is 3. The van der Waals surface area contributed by atoms with Gasteiger partial charge in [-0.3, -0.25) is 37.3 Å². The number of aliphatic hydroxyl groups is 1. The lowest BCUT2D eigenvalue weighted by atomic mass is 10.0. The van der Waals surface area contributed by atoms with Gasteiger partial charge in [-0.1, -0.05) is 367 Å². The van der Waals surface area contributed by atoms with Crippen LogP contribution in [0.5, 0.6) is 0 Å². The lowest BCUT2D eigenvalue weighted by Crippen LogP contribution is -2.30. The van der Waals surface area contributed by atoms with Gasteiger partial charge in [0.15, 0.2) is 12.2 Å². The third-order valence-corrected chi connectivity index (χ3v) is 20.8. The molecule has 17 nitrogen and oxygen atoms in total. The number of unbranched alkanes of at least 4 members (excludes halogenated alkanes) is 50. The Hall–Kier alpha value is -2.46. The van der Waals surface area contributed by atoms with Crippen LogP contribution in [0.3, 0.4) is 0 Å². The van der Waals surface area contributed by atoms with Crippen LogP contribution >= 0.6 is 15.6 Å². The summed E-state index contributed by atoms with van der Waals surface area (Å²) in [4.78, 5) is 73.0. The minimum Gasteiger partial charge on any atom is -0.462 e. The van der Waals surface area contributed by atoms with Gasteiger partial charge in [0.1, 0.15) is 19.3 Å². The standard InChI is InChI=1S/C83H158O17P2/c1-6-9-12-15-18-21-24-27-30-32-33-34-35-37-40-43-46-49-52-59-64-68-82(87)99-78(72-93-80(85)66-61-56-50-47-44-41-39-36-31-28-25-22-19-16-13-10-7-2)74-97-101(89,90)95-70-77(84)71-96-102(91,92)98-75-79(73-94-81(86)67-62-57-54-53-55-60-65-76(4)5)100-83(88)69-63-58-51-48-45-42-38-29-26-23-20-17-14-11-8-3/h23,26,29,38,76-79,84H,6-22,24-25,27-28,30-37,39-75H2,1-5H3,(H,89,90)(H,91,92)/b26-23-,38-29-/t77-,78-,79-/m1/s1. The predicted octanol–water partition coefficient (Wildman–Crippen LogP) is 24.8. The second-order valence-electron chi connectivity index (χ2n) is 29.7. The fourth-order valence-corrected chi connectivity index (χ4v) is 14.0. The van der Waals surface area contributed by atoms with Crippen molar-refractivity contribution in [3.8, 4) is 0 Å². The average molecular weight is 1490 g/mol. The Morgan fingerprint density at radius 3 is 0.804 bits per heavy atom.